The molecule has 104 valence electrons. The Morgan fingerprint density at radius 3 is 2.45 bits per heavy atom. The van der Waals surface area contributed by atoms with E-state index in [1.807, 2.05) is 49.5 Å². The van der Waals surface area contributed by atoms with Gasteiger partial charge in [0.05, 0.1) is 0 Å². The van der Waals surface area contributed by atoms with Gasteiger partial charge in [-0.25, -0.2) is 0 Å². The van der Waals surface area contributed by atoms with Crippen LogP contribution in [-0.4, -0.2) is 12.0 Å². The van der Waals surface area contributed by atoms with Crippen LogP contribution < -0.4 is 10.6 Å². The molecule has 0 spiro atoms. The van der Waals surface area contributed by atoms with Gasteiger partial charge in [-0.1, -0.05) is 36.0 Å². The molecule has 0 aliphatic rings. The highest BCUT2D eigenvalue weighted by molar-refractivity contribution is 9.10. The molecule has 0 bridgehead atoms. The van der Waals surface area contributed by atoms with Crippen LogP contribution in [0, 0.1) is 0 Å². The van der Waals surface area contributed by atoms with Crippen molar-refractivity contribution in [2.45, 2.75) is 6.54 Å². The number of nitrogens with zero attached hydrogens (tertiary/aromatic N) is 1. The van der Waals surface area contributed by atoms with Crippen molar-refractivity contribution >= 4 is 50.4 Å². The zero-order chi connectivity index (χ0) is 14.7. The molecule has 0 heterocycles. The summed E-state index contributed by atoms with van der Waals surface area (Å²) in [6.07, 6.45) is 0. The third kappa shape index (κ3) is 3.72. The number of benzene rings is 2. The molecule has 20 heavy (non-hydrogen) atoms. The first kappa shape index (κ1) is 15.3. The smallest absolute Gasteiger partial charge is 0.105 e. The van der Waals surface area contributed by atoms with Crippen molar-refractivity contribution in [3.8, 4) is 0 Å². The first-order chi connectivity index (χ1) is 9.47. The third-order valence-corrected chi connectivity index (χ3v) is 4.12. The monoisotopic (exact) mass is 368 g/mol. The van der Waals surface area contributed by atoms with Crippen LogP contribution in [0.5, 0.6) is 0 Å². The molecular formula is C15H14BrClN2S. The Hall–Kier alpha value is -1.10. The first-order valence-electron chi connectivity index (χ1n) is 6.02. The molecule has 5 heteroatoms. The van der Waals surface area contributed by atoms with Gasteiger partial charge in [0.25, 0.3) is 0 Å². The van der Waals surface area contributed by atoms with Crippen LogP contribution in [0.2, 0.25) is 5.02 Å². The van der Waals surface area contributed by atoms with Gasteiger partial charge >= 0.3 is 0 Å². The first-order valence-corrected chi connectivity index (χ1v) is 7.60. The van der Waals surface area contributed by atoms with E-state index in [4.69, 9.17) is 29.6 Å². The lowest BCUT2D eigenvalue weighted by Crippen LogP contribution is -2.17. The zero-order valence-corrected chi connectivity index (χ0v) is 14.1. The van der Waals surface area contributed by atoms with Crippen LogP contribution in [-0.2, 0) is 6.54 Å². The Labute approximate surface area is 137 Å². The maximum Gasteiger partial charge on any atom is 0.105 e. The average molecular weight is 370 g/mol. The number of hydrogen-bond acceptors (Lipinski definition) is 2. The van der Waals surface area contributed by atoms with Gasteiger partial charge in [-0.2, -0.15) is 0 Å². The van der Waals surface area contributed by atoms with Crippen LogP contribution in [0.3, 0.4) is 0 Å². The predicted molar refractivity (Wildman–Crippen MR) is 93.6 cm³/mol. The molecule has 0 saturated carbocycles. The molecule has 0 aliphatic heterocycles. The van der Waals surface area contributed by atoms with Gasteiger partial charge in [0.15, 0.2) is 0 Å². The highest BCUT2D eigenvalue weighted by Gasteiger charge is 2.07. The van der Waals surface area contributed by atoms with Crippen LogP contribution >= 0.6 is 39.7 Å². The lowest BCUT2D eigenvalue weighted by Gasteiger charge is -2.20. The summed E-state index contributed by atoms with van der Waals surface area (Å²) in [7, 11) is 2.04. The summed E-state index contributed by atoms with van der Waals surface area (Å²) in [4.78, 5) is 2.54. The summed E-state index contributed by atoms with van der Waals surface area (Å²) in [6, 6.07) is 13.8. The van der Waals surface area contributed by atoms with Gasteiger partial charge in [-0.05, 0) is 51.8 Å². The molecule has 0 aliphatic carbocycles. The van der Waals surface area contributed by atoms with E-state index in [9.17, 15) is 0 Å². The number of halogens is 2. The van der Waals surface area contributed by atoms with Crippen LogP contribution in [0.1, 0.15) is 11.1 Å². The van der Waals surface area contributed by atoms with Gasteiger partial charge < -0.3 is 10.6 Å². The van der Waals surface area contributed by atoms with Crippen molar-refractivity contribution in [1.82, 2.24) is 0 Å². The van der Waals surface area contributed by atoms with Gasteiger partial charge in [-0.15, -0.1) is 0 Å². The maximum atomic E-state index is 5.89. The summed E-state index contributed by atoms with van der Waals surface area (Å²) in [5.74, 6) is 0. The second-order valence-electron chi connectivity index (χ2n) is 4.51. The van der Waals surface area contributed by atoms with E-state index in [2.05, 4.69) is 20.8 Å². The molecule has 0 aromatic heterocycles. The van der Waals surface area contributed by atoms with E-state index < -0.39 is 0 Å². The third-order valence-electron chi connectivity index (χ3n) is 2.99. The lowest BCUT2D eigenvalue weighted by atomic mass is 10.1. The molecular weight excluding hydrogens is 356 g/mol. The van der Waals surface area contributed by atoms with Gasteiger partial charge in [0.1, 0.15) is 4.99 Å². The standard InChI is InChI=1S/C15H14BrClN2S/c1-19(9-10-2-4-11(17)5-3-10)12-6-7-13(15(18)20)14(16)8-12/h2-8H,9H2,1H3,(H2,18,20). The largest absolute Gasteiger partial charge is 0.389 e. The van der Waals surface area contributed by atoms with Crippen molar-refractivity contribution in [2.24, 2.45) is 5.73 Å². The Kier molecular flexibility index (Phi) is 5.02. The quantitative estimate of drug-likeness (QED) is 0.811. The number of thiocarbonyl (C=S) groups is 1. The molecule has 0 fully saturated rings. The van der Waals surface area contributed by atoms with E-state index in [0.29, 0.717) is 4.99 Å². The van der Waals surface area contributed by atoms with E-state index in [1.54, 1.807) is 0 Å². The molecule has 2 rings (SSSR count). The van der Waals surface area contributed by atoms with Crippen molar-refractivity contribution in [1.29, 1.82) is 0 Å². The van der Waals surface area contributed by atoms with Crippen molar-refractivity contribution in [3.63, 3.8) is 0 Å². The van der Waals surface area contributed by atoms with Crippen molar-refractivity contribution in [2.75, 3.05) is 11.9 Å². The topological polar surface area (TPSA) is 29.3 Å². The molecule has 0 unspecified atom stereocenters. The number of nitrogens with two attached hydrogens (primary N) is 1. The molecule has 0 saturated heterocycles. The second-order valence-corrected chi connectivity index (χ2v) is 6.24. The average Bonchev–Trinajstić information content (AvgIpc) is 2.40. The molecule has 2 aromatic carbocycles. The second kappa shape index (κ2) is 6.57. The Balaban J connectivity index is 2.17. The summed E-state index contributed by atoms with van der Waals surface area (Å²) < 4.78 is 0.908. The fraction of sp³-hybridized carbons (Fsp3) is 0.133. The van der Waals surface area contributed by atoms with E-state index in [-0.39, 0.29) is 0 Å². The molecule has 2 N–H and O–H groups in total. The molecule has 2 nitrogen and oxygen atoms in total. The predicted octanol–water partition coefficient (Wildman–Crippen LogP) is 4.37. The van der Waals surface area contributed by atoms with E-state index in [1.165, 1.54) is 5.56 Å². The molecule has 0 amide bonds. The van der Waals surface area contributed by atoms with Crippen molar-refractivity contribution in [3.05, 3.63) is 63.1 Å². The minimum absolute atomic E-state index is 0.392. The van der Waals surface area contributed by atoms with Gasteiger partial charge in [0, 0.05) is 34.3 Å². The summed E-state index contributed by atoms with van der Waals surface area (Å²) in [5, 5.41) is 0.750. The molecule has 0 atom stereocenters. The highest BCUT2D eigenvalue weighted by atomic mass is 79.9. The Morgan fingerprint density at radius 2 is 1.90 bits per heavy atom. The lowest BCUT2D eigenvalue weighted by molar-refractivity contribution is 0.922. The molecule has 2 aromatic rings. The number of hydrogen-bond donors (Lipinski definition) is 1. The van der Waals surface area contributed by atoms with Crippen LogP contribution in [0.25, 0.3) is 0 Å². The van der Waals surface area contributed by atoms with Crippen LogP contribution in [0.4, 0.5) is 5.69 Å². The fourth-order valence-corrected chi connectivity index (χ4v) is 2.91. The zero-order valence-electron chi connectivity index (χ0n) is 10.9. The normalized spacial score (nSPS) is 10.3. The fourth-order valence-electron chi connectivity index (χ4n) is 1.90. The Morgan fingerprint density at radius 1 is 1.25 bits per heavy atom. The van der Waals surface area contributed by atoms with Gasteiger partial charge in [0.2, 0.25) is 0 Å². The van der Waals surface area contributed by atoms with Crippen molar-refractivity contribution < 1.29 is 0 Å². The van der Waals surface area contributed by atoms with Crippen LogP contribution in [0.15, 0.2) is 46.9 Å². The maximum absolute atomic E-state index is 5.89. The summed E-state index contributed by atoms with van der Waals surface area (Å²) in [5.41, 5.74) is 8.79. The van der Waals surface area contributed by atoms with E-state index in [0.717, 1.165) is 27.3 Å². The Bertz CT molecular complexity index is 628. The summed E-state index contributed by atoms with van der Waals surface area (Å²) >= 11 is 14.4. The minimum atomic E-state index is 0.392. The SMILES string of the molecule is CN(Cc1ccc(Cl)cc1)c1ccc(C(N)=S)c(Br)c1. The highest BCUT2D eigenvalue weighted by Crippen LogP contribution is 2.24. The minimum Gasteiger partial charge on any atom is -0.389 e. The molecule has 0 radical (unpaired) electrons. The number of anilines is 1. The van der Waals surface area contributed by atoms with E-state index >= 15 is 0 Å². The van der Waals surface area contributed by atoms with Gasteiger partial charge in [-0.3, -0.25) is 0 Å². The summed E-state index contributed by atoms with van der Waals surface area (Å²) in [6.45, 7) is 0.802. The number of rotatable bonds is 4.